The van der Waals surface area contributed by atoms with E-state index in [1.807, 2.05) is 0 Å². The molecule has 0 saturated carbocycles. The van der Waals surface area contributed by atoms with E-state index in [0.29, 0.717) is 6.54 Å². The van der Waals surface area contributed by atoms with Crippen LogP contribution >= 0.6 is 0 Å². The molecule has 0 atom stereocenters. The van der Waals surface area contributed by atoms with Crippen molar-refractivity contribution < 1.29 is 4.74 Å². The van der Waals surface area contributed by atoms with Gasteiger partial charge in [-0.15, -0.1) is 0 Å². The molecule has 0 bridgehead atoms. The summed E-state index contributed by atoms with van der Waals surface area (Å²) < 4.78 is 5.40. The van der Waals surface area contributed by atoms with Crippen LogP contribution in [0, 0.1) is 0 Å². The fourth-order valence-electron chi connectivity index (χ4n) is 3.95. The first-order valence-corrected chi connectivity index (χ1v) is 11.5. The average Bonchev–Trinajstić information content (AvgIpc) is 3.26. The number of likely N-dealkylation sites (tertiary alicyclic amines) is 1. The summed E-state index contributed by atoms with van der Waals surface area (Å²) in [4.78, 5) is 9.80. The molecule has 0 aliphatic carbocycles. The topological polar surface area (TPSA) is 52.1 Å². The highest BCUT2D eigenvalue weighted by Gasteiger charge is 2.11. The first-order valence-electron chi connectivity index (χ1n) is 11.5. The molecule has 2 heterocycles. The first kappa shape index (κ1) is 22.1. The van der Waals surface area contributed by atoms with Gasteiger partial charge in [-0.3, -0.25) is 9.80 Å². The largest absolute Gasteiger partial charge is 0.379 e. The molecule has 3 rings (SSSR count). The van der Waals surface area contributed by atoms with Crippen molar-refractivity contribution in [3.8, 4) is 0 Å². The van der Waals surface area contributed by atoms with Crippen molar-refractivity contribution in [1.29, 1.82) is 0 Å². The van der Waals surface area contributed by atoms with Gasteiger partial charge in [0.05, 0.1) is 19.8 Å². The number of ether oxygens (including phenoxy) is 1. The first-order chi connectivity index (χ1) is 14.3. The van der Waals surface area contributed by atoms with Crippen molar-refractivity contribution in [2.75, 3.05) is 59.0 Å². The minimum atomic E-state index is 0.715. The van der Waals surface area contributed by atoms with E-state index in [1.165, 1.54) is 50.0 Å². The molecule has 2 aliphatic heterocycles. The Morgan fingerprint density at radius 1 is 0.931 bits per heavy atom. The lowest BCUT2D eigenvalue weighted by Crippen LogP contribution is -2.39. The van der Waals surface area contributed by atoms with E-state index < -0.39 is 0 Å². The summed E-state index contributed by atoms with van der Waals surface area (Å²) in [6.45, 7) is 13.3. The highest BCUT2D eigenvalue weighted by atomic mass is 16.5. The van der Waals surface area contributed by atoms with Crippen LogP contribution in [0.2, 0.25) is 0 Å². The second-order valence-electron chi connectivity index (χ2n) is 8.08. The molecule has 6 heteroatoms. The van der Waals surface area contributed by atoms with Crippen LogP contribution in [0.1, 0.15) is 43.7 Å². The van der Waals surface area contributed by atoms with Crippen LogP contribution in [0.4, 0.5) is 0 Å². The standard InChI is InChI=1S/C23H39N5O/c1-2-24-23(25-11-3-4-12-27-15-17-29-18-16-27)26-19-21-7-9-22(10-8-21)20-28-13-5-6-14-28/h7-10H,2-6,11-20H2,1H3,(H2,24,25,26). The summed E-state index contributed by atoms with van der Waals surface area (Å²) in [5, 5.41) is 6.84. The number of hydrogen-bond donors (Lipinski definition) is 2. The van der Waals surface area contributed by atoms with Crippen LogP contribution < -0.4 is 10.6 Å². The Bertz CT molecular complexity index is 592. The minimum absolute atomic E-state index is 0.715. The Hall–Kier alpha value is -1.63. The fourth-order valence-corrected chi connectivity index (χ4v) is 3.95. The lowest BCUT2D eigenvalue weighted by atomic mass is 10.1. The summed E-state index contributed by atoms with van der Waals surface area (Å²) >= 11 is 0. The van der Waals surface area contributed by atoms with Crippen molar-refractivity contribution in [3.63, 3.8) is 0 Å². The smallest absolute Gasteiger partial charge is 0.191 e. The zero-order valence-corrected chi connectivity index (χ0v) is 18.2. The molecule has 0 amide bonds. The molecule has 0 radical (unpaired) electrons. The van der Waals surface area contributed by atoms with Crippen LogP contribution in [0.15, 0.2) is 29.3 Å². The van der Waals surface area contributed by atoms with Gasteiger partial charge in [-0.25, -0.2) is 4.99 Å². The summed E-state index contributed by atoms with van der Waals surface area (Å²) in [6, 6.07) is 8.96. The summed E-state index contributed by atoms with van der Waals surface area (Å²) in [5.74, 6) is 0.917. The molecule has 2 saturated heterocycles. The molecule has 6 nitrogen and oxygen atoms in total. The van der Waals surface area contributed by atoms with Crippen LogP contribution in [0.25, 0.3) is 0 Å². The predicted octanol–water partition coefficient (Wildman–Crippen LogP) is 2.45. The zero-order chi connectivity index (χ0) is 20.2. The Morgan fingerprint density at radius 2 is 1.66 bits per heavy atom. The van der Waals surface area contributed by atoms with Crippen molar-refractivity contribution in [2.24, 2.45) is 4.99 Å². The van der Waals surface area contributed by atoms with E-state index in [-0.39, 0.29) is 0 Å². The van der Waals surface area contributed by atoms with Gasteiger partial charge in [-0.1, -0.05) is 24.3 Å². The van der Waals surface area contributed by atoms with E-state index in [0.717, 1.165) is 58.3 Å². The van der Waals surface area contributed by atoms with E-state index in [4.69, 9.17) is 9.73 Å². The van der Waals surface area contributed by atoms with Crippen LogP contribution in [0.5, 0.6) is 0 Å². The van der Waals surface area contributed by atoms with Gasteiger partial charge in [0.25, 0.3) is 0 Å². The van der Waals surface area contributed by atoms with Crippen LogP contribution in [0.3, 0.4) is 0 Å². The van der Waals surface area contributed by atoms with Crippen LogP contribution in [-0.2, 0) is 17.8 Å². The van der Waals surface area contributed by atoms with Gasteiger partial charge >= 0.3 is 0 Å². The van der Waals surface area contributed by atoms with Gasteiger partial charge in [0, 0.05) is 32.7 Å². The van der Waals surface area contributed by atoms with Gasteiger partial charge in [-0.2, -0.15) is 0 Å². The quantitative estimate of drug-likeness (QED) is 0.358. The molecular weight excluding hydrogens is 362 g/mol. The third-order valence-corrected chi connectivity index (χ3v) is 5.69. The number of rotatable bonds is 10. The molecular formula is C23H39N5O. The number of nitrogens with one attached hydrogen (secondary N) is 2. The predicted molar refractivity (Wildman–Crippen MR) is 120 cm³/mol. The lowest BCUT2D eigenvalue weighted by molar-refractivity contribution is 0.0372. The van der Waals surface area contributed by atoms with E-state index >= 15 is 0 Å². The van der Waals surface area contributed by atoms with Gasteiger partial charge in [-0.05, 0) is 63.4 Å². The third-order valence-electron chi connectivity index (χ3n) is 5.69. The lowest BCUT2D eigenvalue weighted by Gasteiger charge is -2.26. The zero-order valence-electron chi connectivity index (χ0n) is 18.2. The van der Waals surface area contributed by atoms with Gasteiger partial charge in [0.1, 0.15) is 0 Å². The van der Waals surface area contributed by atoms with Crippen molar-refractivity contribution in [2.45, 2.75) is 45.7 Å². The molecule has 0 unspecified atom stereocenters. The Labute approximate surface area is 176 Å². The molecule has 2 fully saturated rings. The third kappa shape index (κ3) is 8.33. The number of hydrogen-bond acceptors (Lipinski definition) is 4. The van der Waals surface area contributed by atoms with Crippen LogP contribution in [-0.4, -0.2) is 74.8 Å². The average molecular weight is 402 g/mol. The van der Waals surface area contributed by atoms with Crippen molar-refractivity contribution in [3.05, 3.63) is 35.4 Å². The summed E-state index contributed by atoms with van der Waals surface area (Å²) in [6.07, 6.45) is 5.07. The summed E-state index contributed by atoms with van der Waals surface area (Å²) in [7, 11) is 0. The van der Waals surface area contributed by atoms with Gasteiger partial charge < -0.3 is 15.4 Å². The molecule has 29 heavy (non-hydrogen) atoms. The number of aliphatic imine (C=N–C) groups is 1. The molecule has 2 N–H and O–H groups in total. The Morgan fingerprint density at radius 3 is 2.38 bits per heavy atom. The SMILES string of the molecule is CCNC(=NCc1ccc(CN2CCCC2)cc1)NCCCCN1CCOCC1. The molecule has 1 aromatic carbocycles. The molecule has 162 valence electrons. The van der Waals surface area contributed by atoms with E-state index in [9.17, 15) is 0 Å². The van der Waals surface area contributed by atoms with Crippen molar-refractivity contribution >= 4 is 5.96 Å². The maximum Gasteiger partial charge on any atom is 0.191 e. The number of nitrogens with zero attached hydrogens (tertiary/aromatic N) is 3. The fraction of sp³-hybridized carbons (Fsp3) is 0.696. The second kappa shape index (κ2) is 12.8. The summed E-state index contributed by atoms with van der Waals surface area (Å²) in [5.41, 5.74) is 2.67. The molecule has 1 aromatic rings. The number of unbranched alkanes of at least 4 members (excludes halogenated alkanes) is 1. The number of guanidine groups is 1. The minimum Gasteiger partial charge on any atom is -0.379 e. The Kier molecular flexibility index (Phi) is 9.76. The molecule has 0 aromatic heterocycles. The second-order valence-corrected chi connectivity index (χ2v) is 8.08. The number of benzene rings is 1. The molecule has 2 aliphatic rings. The number of morpholine rings is 1. The maximum absolute atomic E-state index is 5.40. The monoisotopic (exact) mass is 401 g/mol. The Balaban J connectivity index is 1.36. The van der Waals surface area contributed by atoms with Crippen molar-refractivity contribution in [1.82, 2.24) is 20.4 Å². The van der Waals surface area contributed by atoms with E-state index in [2.05, 4.69) is 51.6 Å². The van der Waals surface area contributed by atoms with Gasteiger partial charge in [0.15, 0.2) is 5.96 Å². The maximum atomic E-state index is 5.40. The highest BCUT2D eigenvalue weighted by Crippen LogP contribution is 2.13. The highest BCUT2D eigenvalue weighted by molar-refractivity contribution is 5.79. The van der Waals surface area contributed by atoms with Gasteiger partial charge in [0.2, 0.25) is 0 Å². The molecule has 0 spiro atoms. The normalized spacial score (nSPS) is 18.9. The van der Waals surface area contributed by atoms with E-state index in [1.54, 1.807) is 0 Å².